The first-order chi connectivity index (χ1) is 9.99. The molecule has 3 heteroatoms. The minimum Gasteiger partial charge on any atom is -0.489 e. The fourth-order valence-corrected chi connectivity index (χ4v) is 2.38. The van der Waals surface area contributed by atoms with Crippen LogP contribution in [0.4, 0.5) is 0 Å². The first-order valence-corrected chi connectivity index (χ1v) is 7.51. The quantitative estimate of drug-likeness (QED) is 0.835. The summed E-state index contributed by atoms with van der Waals surface area (Å²) in [4.78, 5) is 0.427. The molecule has 0 unspecified atom stereocenters. The second-order valence-electron chi connectivity index (χ2n) is 5.49. The third kappa shape index (κ3) is 3.82. The summed E-state index contributed by atoms with van der Waals surface area (Å²) >= 11 is 5.00. The van der Waals surface area contributed by atoms with Gasteiger partial charge in [0.15, 0.2) is 0 Å². The Labute approximate surface area is 131 Å². The molecule has 2 aromatic rings. The van der Waals surface area contributed by atoms with Gasteiger partial charge in [-0.3, -0.25) is 0 Å². The van der Waals surface area contributed by atoms with Crippen molar-refractivity contribution in [2.24, 2.45) is 5.73 Å². The van der Waals surface area contributed by atoms with Crippen molar-refractivity contribution < 1.29 is 4.74 Å². The normalized spacial score (nSPS) is 10.7. The predicted molar refractivity (Wildman–Crippen MR) is 91.9 cm³/mol. The fraction of sp³-hybridized carbons (Fsp3) is 0.278. The van der Waals surface area contributed by atoms with Gasteiger partial charge in [0, 0.05) is 5.56 Å². The zero-order valence-corrected chi connectivity index (χ0v) is 13.5. The number of hydrogen-bond donors (Lipinski definition) is 1. The number of nitrogens with two attached hydrogens (primary N) is 1. The first-order valence-electron chi connectivity index (χ1n) is 7.10. The fourth-order valence-electron chi connectivity index (χ4n) is 2.26. The van der Waals surface area contributed by atoms with Gasteiger partial charge in [-0.15, -0.1) is 0 Å². The summed E-state index contributed by atoms with van der Waals surface area (Å²) in [6.45, 7) is 6.94. The molecule has 0 fully saturated rings. The van der Waals surface area contributed by atoms with Gasteiger partial charge in [-0.05, 0) is 41.7 Å². The highest BCUT2D eigenvalue weighted by molar-refractivity contribution is 7.80. The molecule has 110 valence electrons. The third-order valence-corrected chi connectivity index (χ3v) is 3.79. The molecular formula is C18H21NOS. The summed E-state index contributed by atoms with van der Waals surface area (Å²) in [7, 11) is 0. The molecule has 0 radical (unpaired) electrons. The zero-order valence-electron chi connectivity index (χ0n) is 12.7. The number of thiocarbonyl (C=S) groups is 1. The van der Waals surface area contributed by atoms with Crippen LogP contribution < -0.4 is 10.5 Å². The van der Waals surface area contributed by atoms with E-state index in [9.17, 15) is 0 Å². The van der Waals surface area contributed by atoms with E-state index in [1.165, 1.54) is 5.56 Å². The lowest BCUT2D eigenvalue weighted by Crippen LogP contribution is -2.10. The average molecular weight is 299 g/mol. The number of para-hydroxylation sites is 1. The van der Waals surface area contributed by atoms with Gasteiger partial charge in [-0.2, -0.15) is 0 Å². The van der Waals surface area contributed by atoms with E-state index in [2.05, 4.69) is 26.8 Å². The van der Waals surface area contributed by atoms with Crippen LogP contribution in [0.25, 0.3) is 0 Å². The van der Waals surface area contributed by atoms with E-state index >= 15 is 0 Å². The van der Waals surface area contributed by atoms with Gasteiger partial charge in [0.05, 0.1) is 0 Å². The molecule has 0 aliphatic rings. The van der Waals surface area contributed by atoms with Gasteiger partial charge in [0.1, 0.15) is 17.3 Å². The number of aryl methyl sites for hydroxylation is 1. The Morgan fingerprint density at radius 3 is 2.52 bits per heavy atom. The second kappa shape index (κ2) is 6.72. The van der Waals surface area contributed by atoms with Gasteiger partial charge in [-0.1, -0.05) is 56.4 Å². The van der Waals surface area contributed by atoms with Crippen LogP contribution in [0.1, 0.15) is 42.0 Å². The Morgan fingerprint density at radius 2 is 1.90 bits per heavy atom. The van der Waals surface area contributed by atoms with Crippen molar-refractivity contribution in [3.8, 4) is 5.75 Å². The van der Waals surface area contributed by atoms with Gasteiger partial charge in [0.2, 0.25) is 0 Å². The molecule has 2 N–H and O–H groups in total. The van der Waals surface area contributed by atoms with E-state index in [0.29, 0.717) is 17.5 Å². The van der Waals surface area contributed by atoms with Crippen LogP contribution in [0.5, 0.6) is 5.75 Å². The van der Waals surface area contributed by atoms with E-state index in [4.69, 9.17) is 22.7 Å². The van der Waals surface area contributed by atoms with Crippen molar-refractivity contribution in [3.63, 3.8) is 0 Å². The van der Waals surface area contributed by atoms with Gasteiger partial charge in [0.25, 0.3) is 0 Å². The Balaban J connectivity index is 2.15. The zero-order chi connectivity index (χ0) is 15.4. The number of ether oxygens (including phenoxy) is 1. The summed E-state index contributed by atoms with van der Waals surface area (Å²) in [5, 5.41) is 0. The van der Waals surface area contributed by atoms with Crippen molar-refractivity contribution in [3.05, 3.63) is 64.7 Å². The summed E-state index contributed by atoms with van der Waals surface area (Å²) in [5.41, 5.74) is 10.1. The smallest absolute Gasteiger partial charge is 0.123 e. The van der Waals surface area contributed by atoms with Crippen LogP contribution in [0, 0.1) is 6.92 Å². The SMILES string of the molecule is Cc1cc(C(N)=S)ccc1COc1ccccc1C(C)C. The van der Waals surface area contributed by atoms with Crippen LogP contribution in [-0.2, 0) is 6.61 Å². The van der Waals surface area contributed by atoms with Gasteiger partial charge >= 0.3 is 0 Å². The number of benzene rings is 2. The summed E-state index contributed by atoms with van der Waals surface area (Å²) in [6, 6.07) is 14.2. The van der Waals surface area contributed by atoms with E-state index in [1.54, 1.807) is 0 Å². The topological polar surface area (TPSA) is 35.2 Å². The maximum Gasteiger partial charge on any atom is 0.123 e. The standard InChI is InChI=1S/C18H21NOS/c1-12(2)16-6-4-5-7-17(16)20-11-15-9-8-14(18(19)21)10-13(15)3/h4-10,12H,11H2,1-3H3,(H2,19,21). The highest BCUT2D eigenvalue weighted by Gasteiger charge is 2.08. The lowest BCUT2D eigenvalue weighted by atomic mass is 10.0. The van der Waals surface area contributed by atoms with E-state index in [1.807, 2.05) is 36.4 Å². The Bertz CT molecular complexity index is 649. The van der Waals surface area contributed by atoms with Crippen LogP contribution in [-0.4, -0.2) is 4.99 Å². The molecule has 0 bridgehead atoms. The molecule has 0 atom stereocenters. The molecule has 0 aromatic heterocycles. The van der Waals surface area contributed by atoms with Crippen molar-refractivity contribution in [2.75, 3.05) is 0 Å². The highest BCUT2D eigenvalue weighted by atomic mass is 32.1. The summed E-state index contributed by atoms with van der Waals surface area (Å²) in [5.74, 6) is 1.39. The Morgan fingerprint density at radius 1 is 1.19 bits per heavy atom. The minimum absolute atomic E-state index is 0.427. The molecule has 0 heterocycles. The maximum atomic E-state index is 6.00. The van der Waals surface area contributed by atoms with Crippen LogP contribution >= 0.6 is 12.2 Å². The monoisotopic (exact) mass is 299 g/mol. The van der Waals surface area contributed by atoms with E-state index in [-0.39, 0.29) is 0 Å². The van der Waals surface area contributed by atoms with E-state index < -0.39 is 0 Å². The van der Waals surface area contributed by atoms with Crippen LogP contribution in [0.15, 0.2) is 42.5 Å². The van der Waals surface area contributed by atoms with Gasteiger partial charge < -0.3 is 10.5 Å². The first kappa shape index (κ1) is 15.5. The average Bonchev–Trinajstić information content (AvgIpc) is 2.46. The van der Waals surface area contributed by atoms with Crippen molar-refractivity contribution in [1.29, 1.82) is 0 Å². The molecular weight excluding hydrogens is 278 g/mol. The molecule has 0 saturated carbocycles. The minimum atomic E-state index is 0.427. The Kier molecular flexibility index (Phi) is 4.97. The van der Waals surface area contributed by atoms with Crippen molar-refractivity contribution >= 4 is 17.2 Å². The number of hydrogen-bond acceptors (Lipinski definition) is 2. The number of rotatable bonds is 5. The molecule has 21 heavy (non-hydrogen) atoms. The molecule has 0 saturated heterocycles. The molecule has 0 amide bonds. The lowest BCUT2D eigenvalue weighted by molar-refractivity contribution is 0.301. The molecule has 0 aliphatic heterocycles. The molecule has 2 aromatic carbocycles. The summed E-state index contributed by atoms with van der Waals surface area (Å²) < 4.78 is 6.00. The van der Waals surface area contributed by atoms with Crippen LogP contribution in [0.3, 0.4) is 0 Å². The molecule has 2 nitrogen and oxygen atoms in total. The van der Waals surface area contributed by atoms with Crippen molar-refractivity contribution in [1.82, 2.24) is 0 Å². The lowest BCUT2D eigenvalue weighted by Gasteiger charge is -2.15. The van der Waals surface area contributed by atoms with E-state index in [0.717, 1.165) is 22.4 Å². The molecule has 0 spiro atoms. The maximum absolute atomic E-state index is 6.00. The van der Waals surface area contributed by atoms with Gasteiger partial charge in [-0.25, -0.2) is 0 Å². The largest absolute Gasteiger partial charge is 0.489 e. The molecule has 2 rings (SSSR count). The molecule has 0 aliphatic carbocycles. The Hall–Kier alpha value is -1.87. The third-order valence-electron chi connectivity index (χ3n) is 3.55. The predicted octanol–water partition coefficient (Wildman–Crippen LogP) is 4.33. The van der Waals surface area contributed by atoms with Crippen molar-refractivity contribution in [2.45, 2.75) is 33.3 Å². The highest BCUT2D eigenvalue weighted by Crippen LogP contribution is 2.27. The van der Waals surface area contributed by atoms with Crippen LogP contribution in [0.2, 0.25) is 0 Å². The summed E-state index contributed by atoms with van der Waals surface area (Å²) in [6.07, 6.45) is 0. The second-order valence-corrected chi connectivity index (χ2v) is 5.93.